The number of benzene rings is 5. The average Bonchev–Trinajstić information content (AvgIpc) is 3.67. The summed E-state index contributed by atoms with van der Waals surface area (Å²) in [6.07, 6.45) is 3.60. The SMILES string of the molecule is C=Cc1nc(-c2ccc(-c3ccc4c(c3)c3ccc(C#N)cc3n3c5ccccc5nc43)cc2)n(-c2ccccc2)c1C=C. The molecule has 8 rings (SSSR count). The average molecular weight is 564 g/mol. The molecule has 0 spiro atoms. The first-order valence-electron chi connectivity index (χ1n) is 14.4. The van der Waals surface area contributed by atoms with Crippen molar-refractivity contribution in [1.29, 1.82) is 5.26 Å². The van der Waals surface area contributed by atoms with Gasteiger partial charge in [0.05, 0.1) is 39.6 Å². The third-order valence-electron chi connectivity index (χ3n) is 8.30. The van der Waals surface area contributed by atoms with E-state index in [0.717, 1.165) is 77.9 Å². The van der Waals surface area contributed by atoms with E-state index in [1.807, 2.05) is 54.6 Å². The second-order valence-electron chi connectivity index (χ2n) is 10.7. The van der Waals surface area contributed by atoms with Crippen LogP contribution in [0, 0.1) is 11.3 Å². The number of nitriles is 1. The van der Waals surface area contributed by atoms with Crippen LogP contribution in [-0.4, -0.2) is 18.9 Å². The van der Waals surface area contributed by atoms with Gasteiger partial charge in [-0.1, -0.05) is 79.9 Å². The predicted molar refractivity (Wildman–Crippen MR) is 181 cm³/mol. The zero-order valence-electron chi connectivity index (χ0n) is 23.8. The van der Waals surface area contributed by atoms with Gasteiger partial charge in [-0.3, -0.25) is 8.97 Å². The Hall–Kier alpha value is -6.25. The van der Waals surface area contributed by atoms with Gasteiger partial charge in [-0.15, -0.1) is 0 Å². The van der Waals surface area contributed by atoms with E-state index in [-0.39, 0.29) is 0 Å². The third kappa shape index (κ3) is 3.79. The summed E-state index contributed by atoms with van der Waals surface area (Å²) in [6, 6.07) is 41.6. The summed E-state index contributed by atoms with van der Waals surface area (Å²) in [7, 11) is 0. The van der Waals surface area contributed by atoms with Crippen LogP contribution in [0.1, 0.15) is 17.0 Å². The van der Waals surface area contributed by atoms with E-state index in [2.05, 4.69) is 94.9 Å². The molecule has 3 aromatic heterocycles. The molecule has 8 aromatic rings. The van der Waals surface area contributed by atoms with E-state index in [0.29, 0.717) is 5.56 Å². The second kappa shape index (κ2) is 9.94. The van der Waals surface area contributed by atoms with Crippen molar-refractivity contribution in [3.8, 4) is 34.3 Å². The summed E-state index contributed by atoms with van der Waals surface area (Å²) >= 11 is 0. The Morgan fingerprint density at radius 3 is 2.14 bits per heavy atom. The zero-order chi connectivity index (χ0) is 29.8. The smallest absolute Gasteiger partial charge is 0.146 e. The lowest BCUT2D eigenvalue weighted by Crippen LogP contribution is -1.99. The first-order chi connectivity index (χ1) is 21.7. The number of para-hydroxylation sites is 3. The van der Waals surface area contributed by atoms with Crippen LogP contribution in [0.15, 0.2) is 128 Å². The van der Waals surface area contributed by atoms with Crippen LogP contribution in [0.25, 0.3) is 78.7 Å². The number of hydrogen-bond acceptors (Lipinski definition) is 3. The van der Waals surface area contributed by atoms with Crippen molar-refractivity contribution < 1.29 is 0 Å². The lowest BCUT2D eigenvalue weighted by molar-refractivity contribution is 1.05. The Labute approximate surface area is 253 Å². The normalized spacial score (nSPS) is 11.3. The number of fused-ring (bicyclic) bond motifs is 8. The molecule has 0 aliphatic rings. The molecule has 44 heavy (non-hydrogen) atoms. The minimum Gasteiger partial charge on any atom is -0.292 e. The Bertz CT molecular complexity index is 2470. The first kappa shape index (κ1) is 25.5. The molecule has 0 radical (unpaired) electrons. The molecular weight excluding hydrogens is 538 g/mol. The number of pyridine rings is 1. The van der Waals surface area contributed by atoms with Crippen molar-refractivity contribution in [2.24, 2.45) is 0 Å². The van der Waals surface area contributed by atoms with Gasteiger partial charge >= 0.3 is 0 Å². The van der Waals surface area contributed by atoms with Gasteiger partial charge in [0, 0.05) is 22.0 Å². The highest BCUT2D eigenvalue weighted by Gasteiger charge is 2.18. The minimum atomic E-state index is 0.621. The lowest BCUT2D eigenvalue weighted by Gasteiger charge is -2.12. The van der Waals surface area contributed by atoms with Crippen molar-refractivity contribution in [3.05, 3.63) is 145 Å². The number of aromatic nitrogens is 4. The molecule has 206 valence electrons. The predicted octanol–water partition coefficient (Wildman–Crippen LogP) is 9.47. The van der Waals surface area contributed by atoms with E-state index >= 15 is 0 Å². The molecular formula is C39H25N5. The van der Waals surface area contributed by atoms with Gasteiger partial charge < -0.3 is 0 Å². The maximum absolute atomic E-state index is 9.68. The molecule has 0 bridgehead atoms. The number of nitrogens with zero attached hydrogens (tertiary/aromatic N) is 5. The fourth-order valence-corrected chi connectivity index (χ4v) is 6.25. The molecule has 0 aliphatic heterocycles. The fraction of sp³-hybridized carbons (Fsp3) is 0. The summed E-state index contributed by atoms with van der Waals surface area (Å²) in [5.74, 6) is 0.833. The van der Waals surface area contributed by atoms with Crippen molar-refractivity contribution in [2.75, 3.05) is 0 Å². The summed E-state index contributed by atoms with van der Waals surface area (Å²) in [5, 5.41) is 12.9. The van der Waals surface area contributed by atoms with Crippen LogP contribution in [-0.2, 0) is 0 Å². The highest BCUT2D eigenvalue weighted by molar-refractivity contribution is 6.15. The van der Waals surface area contributed by atoms with E-state index in [4.69, 9.17) is 9.97 Å². The standard InChI is InChI=1S/C39H25N5/c1-3-33-35(4-2)43(29-10-6-5-7-11-29)38(41-33)27-17-15-26(16-18-27)28-19-21-31-32(23-28)30-20-14-25(24-40)22-37(30)44-36-13-9-8-12-34(36)42-39(31)44/h3-23H,1-2H2. The molecule has 0 amide bonds. The van der Waals surface area contributed by atoms with E-state index in [1.165, 1.54) is 0 Å². The first-order valence-corrected chi connectivity index (χ1v) is 14.4. The van der Waals surface area contributed by atoms with Crippen LogP contribution in [0.2, 0.25) is 0 Å². The molecule has 0 saturated heterocycles. The minimum absolute atomic E-state index is 0.621. The Morgan fingerprint density at radius 2 is 1.36 bits per heavy atom. The lowest BCUT2D eigenvalue weighted by atomic mass is 9.98. The largest absolute Gasteiger partial charge is 0.292 e. The fourth-order valence-electron chi connectivity index (χ4n) is 6.25. The molecule has 0 atom stereocenters. The molecule has 0 fully saturated rings. The topological polar surface area (TPSA) is 58.9 Å². The summed E-state index contributed by atoms with van der Waals surface area (Å²) in [5.41, 5.74) is 10.3. The molecule has 0 N–H and O–H groups in total. The van der Waals surface area contributed by atoms with Crippen molar-refractivity contribution in [3.63, 3.8) is 0 Å². The Morgan fingerprint density at radius 1 is 0.636 bits per heavy atom. The molecule has 5 aromatic carbocycles. The van der Waals surface area contributed by atoms with Gasteiger partial charge in [-0.25, -0.2) is 9.97 Å². The van der Waals surface area contributed by atoms with Crippen LogP contribution in [0.4, 0.5) is 0 Å². The van der Waals surface area contributed by atoms with E-state index in [9.17, 15) is 5.26 Å². The van der Waals surface area contributed by atoms with Gasteiger partial charge in [0.25, 0.3) is 0 Å². The van der Waals surface area contributed by atoms with Gasteiger partial charge in [0.15, 0.2) is 0 Å². The van der Waals surface area contributed by atoms with Crippen LogP contribution in [0.5, 0.6) is 0 Å². The molecule has 5 nitrogen and oxygen atoms in total. The Balaban J connectivity index is 1.30. The van der Waals surface area contributed by atoms with Crippen LogP contribution >= 0.6 is 0 Å². The number of hydrogen-bond donors (Lipinski definition) is 0. The summed E-state index contributed by atoms with van der Waals surface area (Å²) in [6.45, 7) is 8.02. The van der Waals surface area contributed by atoms with Crippen LogP contribution < -0.4 is 0 Å². The molecule has 3 heterocycles. The van der Waals surface area contributed by atoms with Gasteiger partial charge in [-0.05, 0) is 77.2 Å². The molecule has 0 unspecified atom stereocenters. The maximum atomic E-state index is 9.68. The third-order valence-corrected chi connectivity index (χ3v) is 8.30. The number of rotatable bonds is 5. The van der Waals surface area contributed by atoms with Gasteiger partial charge in [-0.2, -0.15) is 5.26 Å². The van der Waals surface area contributed by atoms with Crippen molar-refractivity contribution in [2.45, 2.75) is 0 Å². The van der Waals surface area contributed by atoms with Gasteiger partial charge in [0.2, 0.25) is 0 Å². The van der Waals surface area contributed by atoms with Crippen LogP contribution in [0.3, 0.4) is 0 Å². The highest BCUT2D eigenvalue weighted by atomic mass is 15.1. The van der Waals surface area contributed by atoms with E-state index in [1.54, 1.807) is 6.08 Å². The second-order valence-corrected chi connectivity index (χ2v) is 10.7. The monoisotopic (exact) mass is 563 g/mol. The van der Waals surface area contributed by atoms with Gasteiger partial charge in [0.1, 0.15) is 11.5 Å². The molecule has 5 heteroatoms. The quantitative estimate of drug-likeness (QED) is 0.196. The maximum Gasteiger partial charge on any atom is 0.146 e. The Kier molecular flexibility index (Phi) is 5.75. The summed E-state index contributed by atoms with van der Waals surface area (Å²) in [4.78, 5) is 9.94. The molecule has 0 aliphatic carbocycles. The molecule has 0 saturated carbocycles. The summed E-state index contributed by atoms with van der Waals surface area (Å²) < 4.78 is 4.29. The number of imidazole rings is 2. The van der Waals surface area contributed by atoms with Crippen molar-refractivity contribution in [1.82, 2.24) is 18.9 Å². The zero-order valence-corrected chi connectivity index (χ0v) is 23.8. The van der Waals surface area contributed by atoms with Crippen molar-refractivity contribution >= 4 is 50.5 Å². The van der Waals surface area contributed by atoms with E-state index < -0.39 is 0 Å². The highest BCUT2D eigenvalue weighted by Crippen LogP contribution is 2.36.